The van der Waals surface area contributed by atoms with Crippen LogP contribution in [-0.2, 0) is 0 Å². The summed E-state index contributed by atoms with van der Waals surface area (Å²) >= 11 is 0. The van der Waals surface area contributed by atoms with Gasteiger partial charge in [0, 0.05) is 0 Å². The smallest absolute Gasteiger partial charge is 0.0246 e. The van der Waals surface area contributed by atoms with Gasteiger partial charge in [-0.2, -0.15) is 0 Å². The number of rotatable bonds is 3. The van der Waals surface area contributed by atoms with Crippen LogP contribution in [0.3, 0.4) is 0 Å². The van der Waals surface area contributed by atoms with Gasteiger partial charge < -0.3 is 0 Å². The fourth-order valence-corrected chi connectivity index (χ4v) is 2.91. The topological polar surface area (TPSA) is 0 Å². The fourth-order valence-electron chi connectivity index (χ4n) is 2.91. The minimum absolute atomic E-state index is 0.695. The van der Waals surface area contributed by atoms with Crippen LogP contribution < -0.4 is 0 Å². The molecule has 1 rings (SSSR count). The van der Waals surface area contributed by atoms with E-state index < -0.39 is 0 Å². The van der Waals surface area contributed by atoms with E-state index in [0.717, 1.165) is 17.8 Å². The number of hydrogen-bond acceptors (Lipinski definition) is 0. The van der Waals surface area contributed by atoms with Gasteiger partial charge in [0.05, 0.1) is 0 Å². The lowest BCUT2D eigenvalue weighted by atomic mass is 9.51. The molecule has 1 aliphatic carbocycles. The first-order chi connectivity index (χ1) is 5.53. The van der Waals surface area contributed by atoms with Crippen LogP contribution in [0, 0.1) is 23.2 Å². The van der Waals surface area contributed by atoms with Crippen LogP contribution in [0.5, 0.6) is 0 Å². The Kier molecular flexibility index (Phi) is 2.85. The first-order valence-corrected chi connectivity index (χ1v) is 5.53. The second kappa shape index (κ2) is 3.40. The Balaban J connectivity index is 2.56. The quantitative estimate of drug-likeness (QED) is 0.595. The maximum Gasteiger partial charge on any atom is -0.0246 e. The van der Waals surface area contributed by atoms with Gasteiger partial charge in [-0.25, -0.2) is 0 Å². The fraction of sp³-hybridized carbons (Fsp3) is 1.00. The van der Waals surface area contributed by atoms with Gasteiger partial charge in [-0.05, 0) is 36.0 Å². The second-order valence-electron chi connectivity index (χ2n) is 5.23. The summed E-state index contributed by atoms with van der Waals surface area (Å²) in [4.78, 5) is 0. The predicted molar refractivity (Wildman–Crippen MR) is 55.1 cm³/mol. The van der Waals surface area contributed by atoms with E-state index in [1.165, 1.54) is 19.3 Å². The summed E-state index contributed by atoms with van der Waals surface area (Å²) in [6.07, 6.45) is 4.36. The molecule has 0 amide bonds. The molecule has 0 N–H and O–H groups in total. The average molecular weight is 168 g/mol. The normalized spacial score (nSPS) is 23.2. The summed E-state index contributed by atoms with van der Waals surface area (Å²) in [5.74, 6) is 2.79. The molecule has 0 aromatic rings. The molecule has 0 spiro atoms. The zero-order valence-electron chi connectivity index (χ0n) is 9.35. The van der Waals surface area contributed by atoms with Crippen LogP contribution in [0.15, 0.2) is 0 Å². The standard InChI is InChI=1S/C12H24/c1-6-11-7-12(8-11,9(2)3)10(4)5/h9-11H,6-8H2,1-5H3. The molecule has 12 heavy (non-hydrogen) atoms. The van der Waals surface area contributed by atoms with E-state index in [0.29, 0.717) is 5.41 Å². The Bertz CT molecular complexity index is 128. The van der Waals surface area contributed by atoms with Crippen LogP contribution in [0.4, 0.5) is 0 Å². The van der Waals surface area contributed by atoms with E-state index in [1.54, 1.807) is 0 Å². The summed E-state index contributed by atoms with van der Waals surface area (Å²) in [5, 5.41) is 0. The summed E-state index contributed by atoms with van der Waals surface area (Å²) < 4.78 is 0. The molecule has 0 heterocycles. The lowest BCUT2D eigenvalue weighted by Crippen LogP contribution is -2.45. The highest BCUT2D eigenvalue weighted by Crippen LogP contribution is 2.56. The van der Waals surface area contributed by atoms with Crippen molar-refractivity contribution < 1.29 is 0 Å². The van der Waals surface area contributed by atoms with E-state index in [1.807, 2.05) is 0 Å². The molecule has 0 aliphatic heterocycles. The highest BCUT2D eigenvalue weighted by atomic mass is 14.5. The van der Waals surface area contributed by atoms with Crippen molar-refractivity contribution in [2.24, 2.45) is 23.2 Å². The van der Waals surface area contributed by atoms with E-state index in [9.17, 15) is 0 Å². The highest BCUT2D eigenvalue weighted by molar-refractivity contribution is 4.96. The van der Waals surface area contributed by atoms with Gasteiger partial charge >= 0.3 is 0 Å². The van der Waals surface area contributed by atoms with Crippen molar-refractivity contribution in [3.63, 3.8) is 0 Å². The summed E-state index contributed by atoms with van der Waals surface area (Å²) in [5.41, 5.74) is 0.695. The van der Waals surface area contributed by atoms with Crippen molar-refractivity contribution in [1.82, 2.24) is 0 Å². The molecule has 0 aromatic carbocycles. The zero-order valence-corrected chi connectivity index (χ0v) is 9.35. The molecule has 0 bridgehead atoms. The molecule has 1 saturated carbocycles. The van der Waals surface area contributed by atoms with Gasteiger partial charge in [0.1, 0.15) is 0 Å². The summed E-state index contributed by atoms with van der Waals surface area (Å²) in [7, 11) is 0. The molecule has 0 saturated heterocycles. The third-order valence-electron chi connectivity index (χ3n) is 4.21. The van der Waals surface area contributed by atoms with Crippen molar-refractivity contribution in [2.45, 2.75) is 53.9 Å². The number of hydrogen-bond donors (Lipinski definition) is 0. The third-order valence-corrected chi connectivity index (χ3v) is 4.21. The maximum absolute atomic E-state index is 2.39. The van der Waals surface area contributed by atoms with Gasteiger partial charge in [-0.3, -0.25) is 0 Å². The van der Waals surface area contributed by atoms with Gasteiger partial charge in [-0.1, -0.05) is 41.0 Å². The third kappa shape index (κ3) is 1.41. The molecular weight excluding hydrogens is 144 g/mol. The van der Waals surface area contributed by atoms with Crippen LogP contribution in [-0.4, -0.2) is 0 Å². The van der Waals surface area contributed by atoms with Crippen LogP contribution >= 0.6 is 0 Å². The minimum atomic E-state index is 0.695. The Morgan fingerprint density at radius 1 is 1.08 bits per heavy atom. The van der Waals surface area contributed by atoms with Crippen LogP contribution in [0.1, 0.15) is 53.9 Å². The Morgan fingerprint density at radius 2 is 1.50 bits per heavy atom. The molecule has 0 nitrogen and oxygen atoms in total. The molecule has 1 fully saturated rings. The van der Waals surface area contributed by atoms with Crippen molar-refractivity contribution >= 4 is 0 Å². The average Bonchev–Trinajstić information content (AvgIpc) is 1.83. The van der Waals surface area contributed by atoms with Gasteiger partial charge in [0.2, 0.25) is 0 Å². The Hall–Kier alpha value is 0. The van der Waals surface area contributed by atoms with Gasteiger partial charge in [0.15, 0.2) is 0 Å². The minimum Gasteiger partial charge on any atom is -0.0651 e. The largest absolute Gasteiger partial charge is 0.0651 e. The van der Waals surface area contributed by atoms with Crippen molar-refractivity contribution in [3.05, 3.63) is 0 Å². The lowest BCUT2D eigenvalue weighted by Gasteiger charge is -2.54. The van der Waals surface area contributed by atoms with Gasteiger partial charge in [0.25, 0.3) is 0 Å². The molecular formula is C12H24. The van der Waals surface area contributed by atoms with Gasteiger partial charge in [-0.15, -0.1) is 0 Å². The Labute approximate surface area is 77.7 Å². The summed E-state index contributed by atoms with van der Waals surface area (Å²) in [6.45, 7) is 11.9. The second-order valence-corrected chi connectivity index (χ2v) is 5.23. The SMILES string of the molecule is CCC1CC(C(C)C)(C(C)C)C1. The molecule has 0 radical (unpaired) electrons. The molecule has 72 valence electrons. The van der Waals surface area contributed by atoms with Crippen LogP contribution in [0.2, 0.25) is 0 Å². The van der Waals surface area contributed by atoms with Crippen molar-refractivity contribution in [3.8, 4) is 0 Å². The molecule has 0 atom stereocenters. The molecule has 0 unspecified atom stereocenters. The van der Waals surface area contributed by atoms with E-state index in [-0.39, 0.29) is 0 Å². The van der Waals surface area contributed by atoms with E-state index in [2.05, 4.69) is 34.6 Å². The first kappa shape index (κ1) is 10.1. The Morgan fingerprint density at radius 3 is 1.75 bits per heavy atom. The highest BCUT2D eigenvalue weighted by Gasteiger charge is 2.47. The molecule has 0 heteroatoms. The molecule has 0 aromatic heterocycles. The van der Waals surface area contributed by atoms with E-state index in [4.69, 9.17) is 0 Å². The maximum atomic E-state index is 2.39. The lowest BCUT2D eigenvalue weighted by molar-refractivity contribution is -0.0403. The zero-order chi connectivity index (χ0) is 9.35. The van der Waals surface area contributed by atoms with Crippen LogP contribution in [0.25, 0.3) is 0 Å². The monoisotopic (exact) mass is 168 g/mol. The van der Waals surface area contributed by atoms with Crippen molar-refractivity contribution in [2.75, 3.05) is 0 Å². The predicted octanol–water partition coefficient (Wildman–Crippen LogP) is 4.10. The summed E-state index contributed by atoms with van der Waals surface area (Å²) in [6, 6.07) is 0. The molecule has 1 aliphatic rings. The van der Waals surface area contributed by atoms with Crippen molar-refractivity contribution in [1.29, 1.82) is 0 Å². The van der Waals surface area contributed by atoms with E-state index >= 15 is 0 Å². The first-order valence-electron chi connectivity index (χ1n) is 5.53.